The van der Waals surface area contributed by atoms with Gasteiger partial charge in [-0.15, -0.1) is 11.3 Å². The van der Waals surface area contributed by atoms with Crippen molar-refractivity contribution in [3.63, 3.8) is 0 Å². The molecule has 5 aromatic rings. The first-order chi connectivity index (χ1) is 17.0. The Morgan fingerprint density at radius 2 is 1.51 bits per heavy atom. The minimum Gasteiger partial charge on any atom is -0.331 e. The van der Waals surface area contributed by atoms with Crippen LogP contribution in [0.3, 0.4) is 0 Å². The molecule has 0 fully saturated rings. The summed E-state index contributed by atoms with van der Waals surface area (Å²) < 4.78 is 1.06. The van der Waals surface area contributed by atoms with E-state index in [-0.39, 0.29) is 11.0 Å². The second kappa shape index (κ2) is 10.1. The summed E-state index contributed by atoms with van der Waals surface area (Å²) in [6, 6.07) is 28.6. The lowest BCUT2D eigenvalue weighted by molar-refractivity contribution is 0.0978. The molecule has 0 bridgehead atoms. The summed E-state index contributed by atoms with van der Waals surface area (Å²) >= 11 is 19.8. The molecule has 5 rings (SSSR count). The Labute approximate surface area is 221 Å². The van der Waals surface area contributed by atoms with Gasteiger partial charge in [-0.1, -0.05) is 77.8 Å². The second-order valence-electron chi connectivity index (χ2n) is 7.65. The summed E-state index contributed by atoms with van der Waals surface area (Å²) in [7, 11) is 0. The topological polar surface area (TPSA) is 54.0 Å². The zero-order valence-corrected chi connectivity index (χ0v) is 21.2. The molecule has 8 heteroatoms. The third kappa shape index (κ3) is 5.21. The Morgan fingerprint density at radius 1 is 0.829 bits per heavy atom. The van der Waals surface area contributed by atoms with E-state index < -0.39 is 0 Å². The fourth-order valence-electron chi connectivity index (χ4n) is 3.57. The van der Waals surface area contributed by atoms with E-state index in [1.54, 1.807) is 24.3 Å². The van der Waals surface area contributed by atoms with Crippen molar-refractivity contribution >= 4 is 73.7 Å². The molecule has 0 saturated heterocycles. The Bertz CT molecular complexity index is 1520. The van der Waals surface area contributed by atoms with Crippen LogP contribution < -0.4 is 10.6 Å². The number of hydrogen-bond acceptors (Lipinski definition) is 4. The van der Waals surface area contributed by atoms with Gasteiger partial charge in [-0.25, -0.2) is 4.98 Å². The lowest BCUT2D eigenvalue weighted by atomic mass is 10.0. The Balaban J connectivity index is 1.31. The van der Waals surface area contributed by atoms with Gasteiger partial charge in [-0.3, -0.25) is 10.1 Å². The Morgan fingerprint density at radius 3 is 2.26 bits per heavy atom. The number of halogens is 2. The van der Waals surface area contributed by atoms with Crippen LogP contribution in [0.25, 0.3) is 31.9 Å². The van der Waals surface area contributed by atoms with Crippen LogP contribution in [0, 0.1) is 0 Å². The fraction of sp³-hybridized carbons (Fsp3) is 0. The third-order valence-corrected chi connectivity index (χ3v) is 7.21. The van der Waals surface area contributed by atoms with Crippen LogP contribution in [0.5, 0.6) is 0 Å². The van der Waals surface area contributed by atoms with E-state index in [0.29, 0.717) is 21.3 Å². The number of benzene rings is 4. The molecule has 4 aromatic carbocycles. The van der Waals surface area contributed by atoms with Gasteiger partial charge < -0.3 is 5.32 Å². The van der Waals surface area contributed by atoms with E-state index >= 15 is 0 Å². The molecule has 0 unspecified atom stereocenters. The van der Waals surface area contributed by atoms with Crippen molar-refractivity contribution in [3.8, 4) is 21.7 Å². The predicted molar refractivity (Wildman–Crippen MR) is 151 cm³/mol. The summed E-state index contributed by atoms with van der Waals surface area (Å²) in [5.41, 5.74) is 4.75. The van der Waals surface area contributed by atoms with E-state index in [1.807, 2.05) is 66.7 Å². The fourth-order valence-corrected chi connectivity index (χ4v) is 5.34. The summed E-state index contributed by atoms with van der Waals surface area (Å²) in [4.78, 5) is 17.4. The van der Waals surface area contributed by atoms with Gasteiger partial charge in [0.2, 0.25) is 0 Å². The number of aromatic nitrogens is 1. The van der Waals surface area contributed by atoms with Gasteiger partial charge in [0.15, 0.2) is 5.11 Å². The zero-order valence-electron chi connectivity index (χ0n) is 18.1. The predicted octanol–water partition coefficient (Wildman–Crippen LogP) is 8.06. The molecule has 35 heavy (non-hydrogen) atoms. The zero-order chi connectivity index (χ0) is 24.4. The number of nitrogens with zero attached hydrogens (tertiary/aromatic N) is 1. The minimum absolute atomic E-state index is 0.126. The maximum absolute atomic E-state index is 12.7. The summed E-state index contributed by atoms with van der Waals surface area (Å²) in [6.07, 6.45) is 0. The maximum atomic E-state index is 12.7. The first kappa shape index (κ1) is 23.5. The molecule has 1 amide bonds. The van der Waals surface area contributed by atoms with Crippen LogP contribution in [0.4, 0.5) is 5.69 Å². The molecule has 0 atom stereocenters. The van der Waals surface area contributed by atoms with Gasteiger partial charge in [0.1, 0.15) is 5.01 Å². The molecule has 1 aromatic heterocycles. The van der Waals surface area contributed by atoms with Crippen LogP contribution in [-0.2, 0) is 0 Å². The third-order valence-electron chi connectivity index (χ3n) is 5.31. The average Bonchev–Trinajstić information content (AvgIpc) is 3.30. The van der Waals surface area contributed by atoms with Crippen LogP contribution in [0.2, 0.25) is 10.0 Å². The number of thiocarbonyl (C=S) groups is 1. The molecule has 2 N–H and O–H groups in total. The van der Waals surface area contributed by atoms with Gasteiger partial charge in [0.25, 0.3) is 5.91 Å². The number of amides is 1. The molecule has 0 aliphatic heterocycles. The highest BCUT2D eigenvalue weighted by Crippen LogP contribution is 2.38. The maximum Gasteiger partial charge on any atom is 0.257 e. The van der Waals surface area contributed by atoms with Crippen molar-refractivity contribution in [1.29, 1.82) is 0 Å². The number of rotatable bonds is 4. The van der Waals surface area contributed by atoms with Gasteiger partial charge in [-0.05, 0) is 59.7 Å². The van der Waals surface area contributed by atoms with Crippen molar-refractivity contribution in [2.45, 2.75) is 0 Å². The number of hydrogen-bond donors (Lipinski definition) is 2. The summed E-state index contributed by atoms with van der Waals surface area (Å²) in [5, 5.41) is 7.46. The second-order valence-corrected chi connectivity index (χ2v) is 9.90. The summed E-state index contributed by atoms with van der Waals surface area (Å²) in [6.45, 7) is 0. The molecule has 0 aliphatic rings. The number of para-hydroxylation sites is 1. The van der Waals surface area contributed by atoms with Gasteiger partial charge in [-0.2, -0.15) is 0 Å². The minimum atomic E-state index is -0.321. The van der Waals surface area contributed by atoms with Crippen LogP contribution in [0.15, 0.2) is 91.0 Å². The van der Waals surface area contributed by atoms with Crippen molar-refractivity contribution in [3.05, 3.63) is 107 Å². The van der Waals surface area contributed by atoms with Crippen LogP contribution in [0.1, 0.15) is 10.4 Å². The molecule has 0 radical (unpaired) electrons. The Hall–Kier alpha value is -3.29. The number of anilines is 1. The van der Waals surface area contributed by atoms with Crippen LogP contribution >= 0.6 is 46.8 Å². The lowest BCUT2D eigenvalue weighted by Gasteiger charge is -2.13. The highest BCUT2D eigenvalue weighted by Gasteiger charge is 2.15. The van der Waals surface area contributed by atoms with Gasteiger partial charge in [0, 0.05) is 11.1 Å². The average molecular weight is 534 g/mol. The van der Waals surface area contributed by atoms with E-state index in [9.17, 15) is 4.79 Å². The van der Waals surface area contributed by atoms with Gasteiger partial charge >= 0.3 is 0 Å². The Kier molecular flexibility index (Phi) is 6.79. The van der Waals surface area contributed by atoms with Crippen molar-refractivity contribution in [2.24, 2.45) is 0 Å². The SMILES string of the molecule is O=C(NC(=S)Nc1cc(-c2nc3ccccc3s2)c(Cl)cc1Cl)c1ccc(-c2ccccc2)cc1. The number of carbonyl (C=O) groups is 1. The van der Waals surface area contributed by atoms with Crippen molar-refractivity contribution < 1.29 is 4.79 Å². The highest BCUT2D eigenvalue weighted by molar-refractivity contribution is 7.80. The smallest absolute Gasteiger partial charge is 0.257 e. The monoisotopic (exact) mass is 533 g/mol. The number of carbonyl (C=O) groups excluding carboxylic acids is 1. The number of fused-ring (bicyclic) bond motifs is 1. The molecule has 0 aliphatic carbocycles. The first-order valence-electron chi connectivity index (χ1n) is 10.6. The van der Waals surface area contributed by atoms with Crippen molar-refractivity contribution in [1.82, 2.24) is 10.3 Å². The van der Waals surface area contributed by atoms with Crippen LogP contribution in [-0.4, -0.2) is 16.0 Å². The molecule has 4 nitrogen and oxygen atoms in total. The summed E-state index contributed by atoms with van der Waals surface area (Å²) in [5.74, 6) is -0.321. The van der Waals surface area contributed by atoms with Crippen molar-refractivity contribution in [2.75, 3.05) is 5.32 Å². The molecule has 172 valence electrons. The quantitative estimate of drug-likeness (QED) is 0.229. The highest BCUT2D eigenvalue weighted by atomic mass is 35.5. The molecular weight excluding hydrogens is 517 g/mol. The molecular formula is C27H17Cl2N3OS2. The first-order valence-corrected chi connectivity index (χ1v) is 12.6. The van der Waals surface area contributed by atoms with Gasteiger partial charge in [0.05, 0.1) is 25.9 Å². The lowest BCUT2D eigenvalue weighted by Crippen LogP contribution is -2.34. The molecule has 1 heterocycles. The number of thiazole rings is 1. The largest absolute Gasteiger partial charge is 0.331 e. The van der Waals surface area contributed by atoms with E-state index in [1.165, 1.54) is 11.3 Å². The molecule has 0 spiro atoms. The standard InChI is InChI=1S/C27H17Cl2N3OS2/c28-20-15-21(29)23(14-19(20)26-30-22-8-4-5-9-24(22)35-26)31-27(34)32-25(33)18-12-10-17(11-13-18)16-6-2-1-3-7-16/h1-15H,(H2,31,32,33,34). The van der Waals surface area contributed by atoms with E-state index in [4.69, 9.17) is 35.4 Å². The number of nitrogens with one attached hydrogen (secondary N) is 2. The van der Waals surface area contributed by atoms with E-state index in [0.717, 1.165) is 31.9 Å². The normalized spacial score (nSPS) is 10.8. The molecule has 0 saturated carbocycles. The van der Waals surface area contributed by atoms with E-state index in [2.05, 4.69) is 15.6 Å².